The lowest BCUT2D eigenvalue weighted by Gasteiger charge is -2.28. The summed E-state index contributed by atoms with van der Waals surface area (Å²) in [5.41, 5.74) is 2.51. The van der Waals surface area contributed by atoms with Gasteiger partial charge in [-0.25, -0.2) is 16.8 Å². The van der Waals surface area contributed by atoms with Crippen molar-refractivity contribution < 1.29 is 21.6 Å². The summed E-state index contributed by atoms with van der Waals surface area (Å²) in [6, 6.07) is 12.1. The third-order valence-corrected chi connectivity index (χ3v) is 9.41. The maximum atomic E-state index is 13.6. The number of methoxy groups -OCH3 is 1. The summed E-state index contributed by atoms with van der Waals surface area (Å²) in [6.45, 7) is 5.58. The van der Waals surface area contributed by atoms with Gasteiger partial charge in [-0.3, -0.25) is 0 Å². The molecule has 0 saturated carbocycles. The largest absolute Gasteiger partial charge is 0.496 e. The van der Waals surface area contributed by atoms with Crippen LogP contribution >= 0.6 is 0 Å². The number of rotatable bonds is 9. The summed E-state index contributed by atoms with van der Waals surface area (Å²) in [7, 11) is -6.00. The number of ether oxygens (including phenoxy) is 1. The van der Waals surface area contributed by atoms with Crippen molar-refractivity contribution in [2.45, 2.75) is 25.3 Å². The molecule has 0 aliphatic carbocycles. The molecule has 1 N–H and O–H groups in total. The van der Waals surface area contributed by atoms with Crippen LogP contribution in [0.4, 0.5) is 0 Å². The van der Waals surface area contributed by atoms with Gasteiger partial charge in [0.15, 0.2) is 0 Å². The summed E-state index contributed by atoms with van der Waals surface area (Å²) in [5.74, 6) is 0.268. The van der Waals surface area contributed by atoms with Crippen molar-refractivity contribution >= 4 is 20.0 Å². The van der Waals surface area contributed by atoms with Crippen molar-refractivity contribution in [1.82, 2.24) is 13.9 Å². The molecule has 0 radical (unpaired) electrons. The summed E-state index contributed by atoms with van der Waals surface area (Å²) in [4.78, 5) is 0.148. The molecule has 32 heavy (non-hydrogen) atoms. The van der Waals surface area contributed by atoms with Gasteiger partial charge in [-0.1, -0.05) is 24.3 Å². The molecule has 0 amide bonds. The van der Waals surface area contributed by atoms with Gasteiger partial charge < -0.3 is 10.1 Å². The highest BCUT2D eigenvalue weighted by Gasteiger charge is 2.30. The van der Waals surface area contributed by atoms with E-state index in [2.05, 4.69) is 5.32 Å². The lowest BCUT2D eigenvalue weighted by molar-refractivity contribution is 0.354. The molecule has 2 aromatic rings. The van der Waals surface area contributed by atoms with Crippen LogP contribution in [0.3, 0.4) is 0 Å². The topological polar surface area (TPSA) is 96.0 Å². The van der Waals surface area contributed by atoms with Crippen molar-refractivity contribution in [2.75, 3.05) is 45.6 Å². The van der Waals surface area contributed by atoms with E-state index in [0.29, 0.717) is 37.5 Å². The minimum Gasteiger partial charge on any atom is -0.496 e. The average Bonchev–Trinajstić information content (AvgIpc) is 2.79. The standard InChI is InChI=1S/C22H31N3O5S2/c1-18-8-9-21(16-19(18)2)32(28,29)25(17-20-6-4-5-7-22(20)30-3)14-15-31(26,27)24-12-10-23-11-13-24/h4-9,16,23H,10-15,17H2,1-3H3. The van der Waals surface area contributed by atoms with Crippen LogP contribution in [-0.4, -0.2) is 71.0 Å². The average molecular weight is 482 g/mol. The lowest BCUT2D eigenvalue weighted by Crippen LogP contribution is -2.48. The minimum absolute atomic E-state index is 0.0103. The zero-order chi connectivity index (χ0) is 23.4. The van der Waals surface area contributed by atoms with E-state index in [0.717, 1.165) is 11.1 Å². The van der Waals surface area contributed by atoms with Gasteiger partial charge in [0.1, 0.15) is 5.75 Å². The summed E-state index contributed by atoms with van der Waals surface area (Å²) in [5, 5.41) is 3.13. The first-order valence-electron chi connectivity index (χ1n) is 10.5. The van der Waals surface area contributed by atoms with E-state index in [1.54, 1.807) is 42.5 Å². The van der Waals surface area contributed by atoms with Gasteiger partial charge in [0.25, 0.3) is 0 Å². The second kappa shape index (κ2) is 10.3. The molecule has 0 atom stereocenters. The highest BCUT2D eigenvalue weighted by atomic mass is 32.2. The fourth-order valence-electron chi connectivity index (χ4n) is 3.60. The summed E-state index contributed by atoms with van der Waals surface area (Å²) < 4.78 is 60.9. The fourth-order valence-corrected chi connectivity index (χ4v) is 6.67. The molecule has 0 unspecified atom stereocenters. The smallest absolute Gasteiger partial charge is 0.243 e. The number of aryl methyl sites for hydroxylation is 2. The molecule has 8 nitrogen and oxygen atoms in total. The summed E-state index contributed by atoms with van der Waals surface area (Å²) in [6.07, 6.45) is 0. The van der Waals surface area contributed by atoms with Crippen LogP contribution in [0, 0.1) is 13.8 Å². The molecule has 1 fully saturated rings. The highest BCUT2D eigenvalue weighted by Crippen LogP contribution is 2.25. The second-order valence-corrected chi connectivity index (χ2v) is 11.9. The van der Waals surface area contributed by atoms with Crippen LogP contribution in [0.15, 0.2) is 47.4 Å². The van der Waals surface area contributed by atoms with Gasteiger partial charge in [-0.05, 0) is 43.2 Å². The maximum Gasteiger partial charge on any atom is 0.243 e. The zero-order valence-corrected chi connectivity index (χ0v) is 20.4. The first kappa shape index (κ1) is 24.7. The Kier molecular flexibility index (Phi) is 7.94. The van der Waals surface area contributed by atoms with E-state index in [4.69, 9.17) is 4.74 Å². The number of nitrogens with one attached hydrogen (secondary N) is 1. The number of para-hydroxylation sites is 1. The maximum absolute atomic E-state index is 13.6. The van der Waals surface area contributed by atoms with Gasteiger partial charge in [-0.2, -0.15) is 8.61 Å². The van der Waals surface area contributed by atoms with E-state index in [1.165, 1.54) is 15.7 Å². The molecule has 3 rings (SSSR count). The van der Waals surface area contributed by atoms with Crippen molar-refractivity contribution in [3.05, 3.63) is 59.2 Å². The van der Waals surface area contributed by atoms with Crippen LogP contribution in [0.1, 0.15) is 16.7 Å². The van der Waals surface area contributed by atoms with E-state index in [9.17, 15) is 16.8 Å². The number of hydrogen-bond donors (Lipinski definition) is 1. The van der Waals surface area contributed by atoms with Gasteiger partial charge in [0, 0.05) is 44.8 Å². The molecule has 0 spiro atoms. The molecule has 1 aliphatic rings. The van der Waals surface area contributed by atoms with Crippen LogP contribution in [-0.2, 0) is 26.6 Å². The number of hydrogen-bond acceptors (Lipinski definition) is 6. The molecule has 176 valence electrons. The lowest BCUT2D eigenvalue weighted by atomic mass is 10.1. The van der Waals surface area contributed by atoms with Crippen LogP contribution in [0.2, 0.25) is 0 Å². The molecule has 1 heterocycles. The molecular formula is C22H31N3O5S2. The normalized spacial score (nSPS) is 15.8. The Labute approximate surface area is 191 Å². The second-order valence-electron chi connectivity index (χ2n) is 7.86. The van der Waals surface area contributed by atoms with Crippen LogP contribution < -0.4 is 10.1 Å². The zero-order valence-electron chi connectivity index (χ0n) is 18.7. The Bertz CT molecular complexity index is 1140. The number of sulfonamides is 2. The Hall–Kier alpha value is -1.98. The van der Waals surface area contributed by atoms with Crippen molar-refractivity contribution in [3.63, 3.8) is 0 Å². The van der Waals surface area contributed by atoms with Gasteiger partial charge >= 0.3 is 0 Å². The minimum atomic E-state index is -3.93. The third-order valence-electron chi connectivity index (χ3n) is 5.72. The Morgan fingerprint density at radius 3 is 2.34 bits per heavy atom. The molecular weight excluding hydrogens is 450 g/mol. The quantitative estimate of drug-likeness (QED) is 0.586. The van der Waals surface area contributed by atoms with E-state index in [-0.39, 0.29) is 23.7 Å². The van der Waals surface area contributed by atoms with E-state index in [1.807, 2.05) is 13.8 Å². The molecule has 1 saturated heterocycles. The Balaban J connectivity index is 1.92. The monoisotopic (exact) mass is 481 g/mol. The predicted octanol–water partition coefficient (Wildman–Crippen LogP) is 1.74. The molecule has 10 heteroatoms. The third kappa shape index (κ3) is 5.68. The Morgan fingerprint density at radius 1 is 1.00 bits per heavy atom. The molecule has 0 bridgehead atoms. The number of benzene rings is 2. The van der Waals surface area contributed by atoms with E-state index >= 15 is 0 Å². The van der Waals surface area contributed by atoms with Gasteiger partial charge in [0.05, 0.1) is 17.8 Å². The van der Waals surface area contributed by atoms with Gasteiger partial charge in [-0.15, -0.1) is 0 Å². The highest BCUT2D eigenvalue weighted by molar-refractivity contribution is 7.90. The number of piperazine rings is 1. The first-order chi connectivity index (χ1) is 15.1. The van der Waals surface area contributed by atoms with Gasteiger partial charge in [0.2, 0.25) is 20.0 Å². The fraction of sp³-hybridized carbons (Fsp3) is 0.455. The van der Waals surface area contributed by atoms with Crippen LogP contribution in [0.5, 0.6) is 5.75 Å². The first-order valence-corrected chi connectivity index (χ1v) is 13.6. The van der Waals surface area contributed by atoms with Crippen LogP contribution in [0.25, 0.3) is 0 Å². The molecule has 2 aromatic carbocycles. The predicted molar refractivity (Wildman–Crippen MR) is 125 cm³/mol. The molecule has 0 aromatic heterocycles. The van der Waals surface area contributed by atoms with E-state index < -0.39 is 20.0 Å². The number of nitrogens with zero attached hydrogens (tertiary/aromatic N) is 2. The van der Waals surface area contributed by atoms with Crippen molar-refractivity contribution in [3.8, 4) is 5.75 Å². The van der Waals surface area contributed by atoms with Crippen molar-refractivity contribution in [2.24, 2.45) is 0 Å². The molecule has 1 aliphatic heterocycles. The SMILES string of the molecule is COc1ccccc1CN(CCS(=O)(=O)N1CCNCC1)S(=O)(=O)c1ccc(C)c(C)c1. The summed E-state index contributed by atoms with van der Waals surface area (Å²) >= 11 is 0. The Morgan fingerprint density at radius 2 is 1.69 bits per heavy atom. The van der Waals surface area contributed by atoms with Crippen molar-refractivity contribution in [1.29, 1.82) is 0 Å².